The summed E-state index contributed by atoms with van der Waals surface area (Å²) < 4.78 is 26.4. The Morgan fingerprint density at radius 3 is 2.59 bits per heavy atom. The van der Waals surface area contributed by atoms with Gasteiger partial charge in [0.15, 0.2) is 0 Å². The molecular weight excluding hydrogens is 242 g/mol. The van der Waals surface area contributed by atoms with Gasteiger partial charge in [-0.3, -0.25) is 5.10 Å². The van der Waals surface area contributed by atoms with Gasteiger partial charge in [-0.25, -0.2) is 13.1 Å². The number of sulfonamides is 1. The number of hydrogen-bond donors (Lipinski definition) is 3. The van der Waals surface area contributed by atoms with Crippen molar-refractivity contribution in [2.45, 2.75) is 38.1 Å². The lowest BCUT2D eigenvalue weighted by Gasteiger charge is -2.17. The van der Waals surface area contributed by atoms with Gasteiger partial charge < -0.3 is 5.11 Å². The van der Waals surface area contributed by atoms with E-state index in [0.29, 0.717) is 18.0 Å². The third-order valence-corrected chi connectivity index (χ3v) is 4.01. The zero-order valence-electron chi connectivity index (χ0n) is 10.3. The topological polar surface area (TPSA) is 95.1 Å². The summed E-state index contributed by atoms with van der Waals surface area (Å²) in [6.45, 7) is 5.37. The molecule has 6 nitrogen and oxygen atoms in total. The second kappa shape index (κ2) is 5.61. The molecule has 0 aliphatic rings. The molecule has 0 aliphatic heterocycles. The molecule has 0 saturated heterocycles. The molecule has 1 rings (SSSR count). The smallest absolute Gasteiger partial charge is 0.244 e. The summed E-state index contributed by atoms with van der Waals surface area (Å²) in [5.74, 6) is 0.306. The van der Waals surface area contributed by atoms with Gasteiger partial charge in [-0.05, 0) is 19.3 Å². The number of aromatic amines is 1. The van der Waals surface area contributed by atoms with Crippen molar-refractivity contribution >= 4 is 10.0 Å². The molecule has 1 aromatic rings. The number of aliphatic hydroxyl groups excluding tert-OH is 1. The number of hydrogen-bond acceptors (Lipinski definition) is 4. The Hall–Kier alpha value is -0.920. The van der Waals surface area contributed by atoms with E-state index < -0.39 is 16.1 Å². The van der Waals surface area contributed by atoms with Crippen molar-refractivity contribution in [2.75, 3.05) is 6.61 Å². The first-order chi connectivity index (χ1) is 7.86. The highest BCUT2D eigenvalue weighted by molar-refractivity contribution is 7.89. The molecule has 1 unspecified atom stereocenters. The van der Waals surface area contributed by atoms with Crippen LogP contribution in [0.4, 0.5) is 0 Å². The van der Waals surface area contributed by atoms with E-state index in [1.807, 2.05) is 13.8 Å². The third kappa shape index (κ3) is 3.79. The number of aryl methyl sites for hydroxylation is 1. The number of aromatic nitrogens is 2. The number of H-pyrrole nitrogens is 1. The Morgan fingerprint density at radius 1 is 1.53 bits per heavy atom. The molecule has 1 aromatic heterocycles. The lowest BCUT2D eigenvalue weighted by Crippen LogP contribution is -2.38. The first kappa shape index (κ1) is 14.1. The Kier molecular flexibility index (Phi) is 4.67. The van der Waals surface area contributed by atoms with Crippen molar-refractivity contribution in [3.63, 3.8) is 0 Å². The molecule has 0 saturated carbocycles. The van der Waals surface area contributed by atoms with Gasteiger partial charge in [0.1, 0.15) is 4.90 Å². The van der Waals surface area contributed by atoms with E-state index in [2.05, 4.69) is 14.9 Å². The maximum absolute atomic E-state index is 12.0. The molecule has 0 spiro atoms. The third-order valence-electron chi connectivity index (χ3n) is 2.37. The second-order valence-electron chi connectivity index (χ2n) is 4.49. The van der Waals surface area contributed by atoms with Crippen LogP contribution in [-0.2, 0) is 10.0 Å². The average Bonchev–Trinajstić information content (AvgIpc) is 2.63. The van der Waals surface area contributed by atoms with Gasteiger partial charge in [-0.1, -0.05) is 13.8 Å². The van der Waals surface area contributed by atoms with Gasteiger partial charge >= 0.3 is 0 Å². The quantitative estimate of drug-likeness (QED) is 0.691. The van der Waals surface area contributed by atoms with Crippen LogP contribution >= 0.6 is 0 Å². The van der Waals surface area contributed by atoms with Crippen molar-refractivity contribution in [2.24, 2.45) is 5.92 Å². The minimum atomic E-state index is -3.61. The van der Waals surface area contributed by atoms with E-state index in [-0.39, 0.29) is 11.5 Å². The summed E-state index contributed by atoms with van der Waals surface area (Å²) in [4.78, 5) is 0.125. The molecule has 0 amide bonds. The van der Waals surface area contributed by atoms with Crippen molar-refractivity contribution in [3.05, 3.63) is 11.9 Å². The fourth-order valence-corrected chi connectivity index (χ4v) is 3.00. The van der Waals surface area contributed by atoms with Gasteiger partial charge in [-0.2, -0.15) is 5.10 Å². The fraction of sp³-hybridized carbons (Fsp3) is 0.700. The van der Waals surface area contributed by atoms with Gasteiger partial charge in [0.2, 0.25) is 10.0 Å². The van der Waals surface area contributed by atoms with E-state index in [4.69, 9.17) is 5.11 Å². The Balaban J connectivity index is 2.82. The minimum Gasteiger partial charge on any atom is -0.395 e. The van der Waals surface area contributed by atoms with Crippen LogP contribution in [0.1, 0.15) is 26.0 Å². The first-order valence-corrected chi connectivity index (χ1v) is 6.98. The second-order valence-corrected chi connectivity index (χ2v) is 6.17. The zero-order chi connectivity index (χ0) is 13.1. The summed E-state index contributed by atoms with van der Waals surface area (Å²) in [5, 5.41) is 15.4. The van der Waals surface area contributed by atoms with E-state index in [0.717, 1.165) is 0 Å². The monoisotopic (exact) mass is 261 g/mol. The molecule has 1 heterocycles. The van der Waals surface area contributed by atoms with Crippen molar-refractivity contribution in [1.29, 1.82) is 0 Å². The van der Waals surface area contributed by atoms with Gasteiger partial charge in [0.05, 0.1) is 18.5 Å². The van der Waals surface area contributed by atoms with Crippen LogP contribution in [0.3, 0.4) is 0 Å². The maximum atomic E-state index is 12.0. The van der Waals surface area contributed by atoms with E-state index in [9.17, 15) is 8.42 Å². The number of rotatable bonds is 6. The number of aliphatic hydroxyl groups is 1. The van der Waals surface area contributed by atoms with Crippen LogP contribution in [0.2, 0.25) is 0 Å². The highest BCUT2D eigenvalue weighted by Gasteiger charge is 2.23. The van der Waals surface area contributed by atoms with E-state index >= 15 is 0 Å². The maximum Gasteiger partial charge on any atom is 0.244 e. The molecule has 17 heavy (non-hydrogen) atoms. The minimum absolute atomic E-state index is 0.125. The Labute approximate surface area is 101 Å². The van der Waals surface area contributed by atoms with Gasteiger partial charge in [0.25, 0.3) is 0 Å². The summed E-state index contributed by atoms with van der Waals surface area (Å²) in [5.41, 5.74) is 0.485. The SMILES string of the molecule is Cc1[nH]ncc1S(=O)(=O)NC(CO)CC(C)C. The van der Waals surface area contributed by atoms with Crippen LogP contribution in [0, 0.1) is 12.8 Å². The molecule has 0 radical (unpaired) electrons. The summed E-state index contributed by atoms with van der Waals surface area (Å²) in [7, 11) is -3.61. The molecule has 1 atom stereocenters. The largest absolute Gasteiger partial charge is 0.395 e. The molecule has 0 aliphatic carbocycles. The lowest BCUT2D eigenvalue weighted by molar-refractivity contribution is 0.240. The van der Waals surface area contributed by atoms with Crippen molar-refractivity contribution < 1.29 is 13.5 Å². The van der Waals surface area contributed by atoms with Crippen LogP contribution in [0.25, 0.3) is 0 Å². The Morgan fingerprint density at radius 2 is 2.18 bits per heavy atom. The highest BCUT2D eigenvalue weighted by atomic mass is 32.2. The average molecular weight is 261 g/mol. The predicted molar refractivity (Wildman–Crippen MR) is 64.0 cm³/mol. The standard InChI is InChI=1S/C10H19N3O3S/c1-7(2)4-9(6-14)13-17(15,16)10-5-11-12-8(10)3/h5,7,9,13-14H,4,6H2,1-3H3,(H,11,12). The molecule has 7 heteroatoms. The lowest BCUT2D eigenvalue weighted by atomic mass is 10.1. The summed E-state index contributed by atoms with van der Waals surface area (Å²) in [6, 6.07) is -0.464. The zero-order valence-corrected chi connectivity index (χ0v) is 11.1. The highest BCUT2D eigenvalue weighted by Crippen LogP contribution is 2.13. The van der Waals surface area contributed by atoms with Crippen molar-refractivity contribution in [1.82, 2.24) is 14.9 Å². The summed E-state index contributed by atoms with van der Waals surface area (Å²) >= 11 is 0. The van der Waals surface area contributed by atoms with E-state index in [1.54, 1.807) is 6.92 Å². The first-order valence-electron chi connectivity index (χ1n) is 5.50. The summed E-state index contributed by atoms with van der Waals surface area (Å²) in [6.07, 6.45) is 1.86. The van der Waals surface area contributed by atoms with Crippen LogP contribution in [0.5, 0.6) is 0 Å². The normalized spacial score (nSPS) is 14.2. The van der Waals surface area contributed by atoms with Crippen LogP contribution < -0.4 is 4.72 Å². The number of nitrogens with one attached hydrogen (secondary N) is 2. The Bertz CT molecular complexity index is 453. The van der Waals surface area contributed by atoms with Gasteiger partial charge in [-0.15, -0.1) is 0 Å². The fourth-order valence-electron chi connectivity index (χ4n) is 1.62. The number of nitrogens with zero attached hydrogens (tertiary/aromatic N) is 1. The molecule has 0 fully saturated rings. The van der Waals surface area contributed by atoms with Crippen LogP contribution in [0.15, 0.2) is 11.1 Å². The molecule has 0 bridgehead atoms. The predicted octanol–water partition coefficient (Wildman–Crippen LogP) is 0.403. The van der Waals surface area contributed by atoms with Crippen LogP contribution in [-0.4, -0.2) is 36.4 Å². The molecule has 98 valence electrons. The molecule has 0 aromatic carbocycles. The molecular formula is C10H19N3O3S. The molecule has 3 N–H and O–H groups in total. The van der Waals surface area contributed by atoms with Gasteiger partial charge in [0, 0.05) is 6.04 Å². The van der Waals surface area contributed by atoms with E-state index in [1.165, 1.54) is 6.20 Å². The van der Waals surface area contributed by atoms with Crippen molar-refractivity contribution in [3.8, 4) is 0 Å².